The van der Waals surface area contributed by atoms with Crippen LogP contribution in [0.2, 0.25) is 0 Å². The maximum atomic E-state index is 11.9. The third-order valence-electron chi connectivity index (χ3n) is 3.54. The van der Waals surface area contributed by atoms with Crippen LogP contribution in [-0.4, -0.2) is 41.3 Å². The van der Waals surface area contributed by atoms with Crippen molar-refractivity contribution in [3.63, 3.8) is 0 Å². The van der Waals surface area contributed by atoms with E-state index in [-0.39, 0.29) is 11.9 Å². The van der Waals surface area contributed by atoms with Crippen molar-refractivity contribution in [2.45, 2.75) is 39.2 Å². The predicted molar refractivity (Wildman–Crippen MR) is 75.9 cm³/mol. The van der Waals surface area contributed by atoms with Crippen LogP contribution in [0.3, 0.4) is 0 Å². The summed E-state index contributed by atoms with van der Waals surface area (Å²) in [6, 6.07) is 0.0000131. The SMILES string of the molecule is CC(CS(C)=O)NC(=O)CC(C)C1CCCNC1. The Balaban J connectivity index is 2.27. The van der Waals surface area contributed by atoms with Gasteiger partial charge in [0.1, 0.15) is 0 Å². The summed E-state index contributed by atoms with van der Waals surface area (Å²) in [6.45, 7) is 6.20. The van der Waals surface area contributed by atoms with Crippen molar-refractivity contribution < 1.29 is 9.00 Å². The molecular weight excluding hydrogens is 248 g/mol. The molecule has 0 bridgehead atoms. The van der Waals surface area contributed by atoms with Crippen LogP contribution in [0.15, 0.2) is 0 Å². The first-order chi connectivity index (χ1) is 8.49. The van der Waals surface area contributed by atoms with E-state index in [0.29, 0.717) is 24.0 Å². The monoisotopic (exact) mass is 274 g/mol. The van der Waals surface area contributed by atoms with Crippen molar-refractivity contribution in [2.75, 3.05) is 25.1 Å². The lowest BCUT2D eigenvalue weighted by Crippen LogP contribution is -2.39. The van der Waals surface area contributed by atoms with Gasteiger partial charge in [-0.05, 0) is 44.7 Å². The van der Waals surface area contributed by atoms with E-state index in [1.165, 1.54) is 12.8 Å². The second-order valence-electron chi connectivity index (χ2n) is 5.50. The molecular formula is C13H26N2O2S. The first-order valence-electron chi connectivity index (χ1n) is 6.79. The fourth-order valence-electron chi connectivity index (χ4n) is 2.55. The zero-order valence-corrected chi connectivity index (χ0v) is 12.5. The van der Waals surface area contributed by atoms with E-state index in [9.17, 15) is 9.00 Å². The van der Waals surface area contributed by atoms with Crippen molar-refractivity contribution in [3.8, 4) is 0 Å². The van der Waals surface area contributed by atoms with E-state index in [4.69, 9.17) is 0 Å². The Hall–Kier alpha value is -0.420. The third kappa shape index (κ3) is 5.96. The summed E-state index contributed by atoms with van der Waals surface area (Å²) < 4.78 is 11.1. The standard InChI is InChI=1S/C13H26N2O2S/c1-10(12-5-4-6-14-8-12)7-13(16)15-11(2)9-18(3)17/h10-12,14H,4-9H2,1-3H3,(H,15,16). The van der Waals surface area contributed by atoms with Gasteiger partial charge < -0.3 is 10.6 Å². The first kappa shape index (κ1) is 15.6. The molecule has 2 N–H and O–H groups in total. The van der Waals surface area contributed by atoms with E-state index < -0.39 is 10.8 Å². The first-order valence-corrected chi connectivity index (χ1v) is 8.52. The molecule has 18 heavy (non-hydrogen) atoms. The van der Waals surface area contributed by atoms with Crippen molar-refractivity contribution in [3.05, 3.63) is 0 Å². The lowest BCUT2D eigenvalue weighted by molar-refractivity contribution is -0.122. The van der Waals surface area contributed by atoms with Gasteiger partial charge in [0.15, 0.2) is 0 Å². The van der Waals surface area contributed by atoms with Crippen molar-refractivity contribution >= 4 is 16.7 Å². The van der Waals surface area contributed by atoms with Gasteiger partial charge in [0.2, 0.25) is 5.91 Å². The molecule has 0 aliphatic carbocycles. The lowest BCUT2D eigenvalue weighted by Gasteiger charge is -2.28. The fraction of sp³-hybridized carbons (Fsp3) is 0.923. The van der Waals surface area contributed by atoms with Crippen LogP contribution < -0.4 is 10.6 Å². The summed E-state index contributed by atoms with van der Waals surface area (Å²) in [5.74, 6) is 1.65. The largest absolute Gasteiger partial charge is 0.353 e. The van der Waals surface area contributed by atoms with Crippen LogP contribution >= 0.6 is 0 Å². The molecule has 1 amide bonds. The number of hydrogen-bond acceptors (Lipinski definition) is 3. The van der Waals surface area contributed by atoms with Gasteiger partial charge in [-0.1, -0.05) is 6.92 Å². The molecule has 1 aliphatic heterocycles. The fourth-order valence-corrected chi connectivity index (χ4v) is 3.34. The number of hydrogen-bond donors (Lipinski definition) is 2. The Bertz CT molecular complexity index is 291. The molecule has 1 aliphatic rings. The molecule has 0 radical (unpaired) electrons. The normalized spacial score (nSPS) is 25.2. The minimum atomic E-state index is -0.854. The van der Waals surface area contributed by atoms with Crippen molar-refractivity contribution in [1.29, 1.82) is 0 Å². The number of rotatable bonds is 6. The number of carbonyl (C=O) groups excluding carboxylic acids is 1. The highest BCUT2D eigenvalue weighted by molar-refractivity contribution is 7.84. The highest BCUT2D eigenvalue weighted by atomic mass is 32.2. The van der Waals surface area contributed by atoms with E-state index in [1.54, 1.807) is 6.26 Å². The van der Waals surface area contributed by atoms with Crippen LogP contribution in [0.4, 0.5) is 0 Å². The van der Waals surface area contributed by atoms with Crippen LogP contribution in [0.5, 0.6) is 0 Å². The molecule has 0 aromatic heterocycles. The van der Waals surface area contributed by atoms with E-state index in [2.05, 4.69) is 17.6 Å². The number of carbonyl (C=O) groups is 1. The summed E-state index contributed by atoms with van der Waals surface area (Å²) in [5.41, 5.74) is 0. The molecule has 1 rings (SSSR count). The van der Waals surface area contributed by atoms with Gasteiger partial charge in [0.05, 0.1) is 0 Å². The lowest BCUT2D eigenvalue weighted by atomic mass is 9.85. The Morgan fingerprint density at radius 3 is 2.78 bits per heavy atom. The highest BCUT2D eigenvalue weighted by Gasteiger charge is 2.22. The minimum absolute atomic E-state index is 0.0000131. The van der Waals surface area contributed by atoms with Crippen molar-refractivity contribution in [1.82, 2.24) is 10.6 Å². The smallest absolute Gasteiger partial charge is 0.220 e. The number of nitrogens with one attached hydrogen (secondary N) is 2. The average molecular weight is 274 g/mol. The third-order valence-corrected chi connectivity index (χ3v) is 4.51. The Labute approximate surface area is 113 Å². The molecule has 4 atom stereocenters. The second-order valence-corrected chi connectivity index (χ2v) is 6.98. The molecule has 0 aromatic carbocycles. The van der Waals surface area contributed by atoms with Gasteiger partial charge in [-0.2, -0.15) is 0 Å². The molecule has 106 valence electrons. The Morgan fingerprint density at radius 1 is 1.50 bits per heavy atom. The van der Waals surface area contributed by atoms with Crippen molar-refractivity contribution in [2.24, 2.45) is 11.8 Å². The van der Waals surface area contributed by atoms with Gasteiger partial charge in [0, 0.05) is 35.3 Å². The van der Waals surface area contributed by atoms with E-state index in [0.717, 1.165) is 13.1 Å². The summed E-state index contributed by atoms with van der Waals surface area (Å²) in [4.78, 5) is 11.9. The van der Waals surface area contributed by atoms with Gasteiger partial charge in [-0.25, -0.2) is 0 Å². The molecule has 4 unspecified atom stereocenters. The van der Waals surface area contributed by atoms with Gasteiger partial charge >= 0.3 is 0 Å². The van der Waals surface area contributed by atoms with Crippen LogP contribution in [-0.2, 0) is 15.6 Å². The highest BCUT2D eigenvalue weighted by Crippen LogP contribution is 2.22. The molecule has 5 heteroatoms. The molecule has 4 nitrogen and oxygen atoms in total. The van der Waals surface area contributed by atoms with Crippen LogP contribution in [0.25, 0.3) is 0 Å². The molecule has 1 saturated heterocycles. The second kappa shape index (κ2) is 7.89. The summed E-state index contributed by atoms with van der Waals surface area (Å²) in [6.07, 6.45) is 4.67. The van der Waals surface area contributed by atoms with Crippen LogP contribution in [0, 0.1) is 11.8 Å². The Morgan fingerprint density at radius 2 is 2.22 bits per heavy atom. The maximum Gasteiger partial charge on any atom is 0.220 e. The van der Waals surface area contributed by atoms with Crippen LogP contribution in [0.1, 0.15) is 33.1 Å². The maximum absolute atomic E-state index is 11.9. The quantitative estimate of drug-likeness (QED) is 0.756. The predicted octanol–water partition coefficient (Wildman–Crippen LogP) is 0.895. The number of amides is 1. The Kier molecular flexibility index (Phi) is 6.86. The summed E-state index contributed by atoms with van der Waals surface area (Å²) in [5, 5.41) is 6.31. The van der Waals surface area contributed by atoms with Gasteiger partial charge in [-0.15, -0.1) is 0 Å². The van der Waals surface area contributed by atoms with Gasteiger partial charge in [-0.3, -0.25) is 9.00 Å². The average Bonchev–Trinajstić information content (AvgIpc) is 2.28. The minimum Gasteiger partial charge on any atom is -0.353 e. The molecule has 0 spiro atoms. The molecule has 0 aromatic rings. The zero-order chi connectivity index (χ0) is 13.5. The number of piperidine rings is 1. The summed E-state index contributed by atoms with van der Waals surface area (Å²) >= 11 is 0. The van der Waals surface area contributed by atoms with Gasteiger partial charge in [0.25, 0.3) is 0 Å². The molecule has 1 fully saturated rings. The topological polar surface area (TPSA) is 58.2 Å². The zero-order valence-electron chi connectivity index (χ0n) is 11.7. The molecule has 1 heterocycles. The van der Waals surface area contributed by atoms with E-state index >= 15 is 0 Å². The molecule has 0 saturated carbocycles. The van der Waals surface area contributed by atoms with E-state index in [1.807, 2.05) is 6.92 Å². The summed E-state index contributed by atoms with van der Waals surface area (Å²) in [7, 11) is -0.854.